The maximum atomic E-state index is 11.5. The van der Waals surface area contributed by atoms with Gasteiger partial charge in [-0.3, -0.25) is 4.79 Å². The van der Waals surface area contributed by atoms with E-state index in [-0.39, 0.29) is 5.91 Å². The second kappa shape index (κ2) is 7.87. The van der Waals surface area contributed by atoms with Crippen molar-refractivity contribution in [2.45, 2.75) is 32.9 Å². The van der Waals surface area contributed by atoms with Crippen LogP contribution in [-0.4, -0.2) is 37.2 Å². The van der Waals surface area contributed by atoms with Crippen molar-refractivity contribution >= 4 is 11.9 Å². The van der Waals surface area contributed by atoms with Crippen LogP contribution in [-0.2, 0) is 19.1 Å². The highest BCUT2D eigenvalue weighted by Gasteiger charge is 2.20. The van der Waals surface area contributed by atoms with Crippen molar-refractivity contribution in [3.05, 3.63) is 12.7 Å². The topological polar surface area (TPSA) is 64.6 Å². The fourth-order valence-corrected chi connectivity index (χ4v) is 0.945. The Morgan fingerprint density at radius 1 is 1.44 bits per heavy atom. The van der Waals surface area contributed by atoms with Gasteiger partial charge >= 0.3 is 5.97 Å². The molecule has 5 heteroatoms. The van der Waals surface area contributed by atoms with Gasteiger partial charge in [0.05, 0.1) is 13.2 Å². The van der Waals surface area contributed by atoms with Crippen LogP contribution < -0.4 is 5.32 Å². The van der Waals surface area contributed by atoms with Gasteiger partial charge in [0, 0.05) is 0 Å². The van der Waals surface area contributed by atoms with E-state index in [2.05, 4.69) is 11.9 Å². The molecular formula is C11H19NO4. The predicted octanol–water partition coefficient (Wildman–Crippen LogP) is 0.645. The normalized spacial score (nSPS) is 13.7. The van der Waals surface area contributed by atoms with Crippen LogP contribution in [0.2, 0.25) is 0 Å². The molecule has 0 unspecified atom stereocenters. The lowest BCUT2D eigenvalue weighted by Crippen LogP contribution is -2.44. The van der Waals surface area contributed by atoms with Gasteiger partial charge < -0.3 is 14.8 Å². The molecule has 0 saturated heterocycles. The SMILES string of the molecule is C=CCO[C@H](C)C(=O)N[C@@H](C)C(=O)OCC. The van der Waals surface area contributed by atoms with Crippen molar-refractivity contribution in [1.82, 2.24) is 5.32 Å². The van der Waals surface area contributed by atoms with Crippen LogP contribution in [0.3, 0.4) is 0 Å². The highest BCUT2D eigenvalue weighted by molar-refractivity contribution is 5.86. The summed E-state index contributed by atoms with van der Waals surface area (Å²) in [6.45, 7) is 8.95. The van der Waals surface area contributed by atoms with E-state index in [9.17, 15) is 9.59 Å². The van der Waals surface area contributed by atoms with Crippen molar-refractivity contribution in [2.24, 2.45) is 0 Å². The standard InChI is InChI=1S/C11H19NO4/c1-5-7-16-9(4)10(13)12-8(3)11(14)15-6-2/h5,8-9H,1,6-7H2,2-4H3,(H,12,13)/t8-,9+/m0/s1. The van der Waals surface area contributed by atoms with Crippen LogP contribution in [0, 0.1) is 0 Å². The van der Waals surface area contributed by atoms with Gasteiger partial charge in [-0.2, -0.15) is 0 Å². The zero-order valence-electron chi connectivity index (χ0n) is 9.99. The lowest BCUT2D eigenvalue weighted by atomic mass is 10.3. The molecule has 16 heavy (non-hydrogen) atoms. The molecule has 1 amide bonds. The smallest absolute Gasteiger partial charge is 0.328 e. The molecular weight excluding hydrogens is 210 g/mol. The second-order valence-electron chi connectivity index (χ2n) is 3.25. The Kier molecular flexibility index (Phi) is 7.20. The van der Waals surface area contributed by atoms with Gasteiger partial charge in [0.1, 0.15) is 12.1 Å². The molecule has 0 aliphatic rings. The number of hydrogen-bond donors (Lipinski definition) is 1. The number of hydrogen-bond acceptors (Lipinski definition) is 4. The quantitative estimate of drug-likeness (QED) is 0.514. The number of carbonyl (C=O) groups excluding carboxylic acids is 2. The average Bonchev–Trinajstić information content (AvgIpc) is 2.25. The maximum Gasteiger partial charge on any atom is 0.328 e. The van der Waals surface area contributed by atoms with E-state index in [0.29, 0.717) is 13.2 Å². The summed E-state index contributed by atoms with van der Waals surface area (Å²) in [6.07, 6.45) is 0.938. The van der Waals surface area contributed by atoms with Crippen LogP contribution in [0.25, 0.3) is 0 Å². The van der Waals surface area contributed by atoms with Crippen LogP contribution in [0.5, 0.6) is 0 Å². The van der Waals surface area contributed by atoms with Gasteiger partial charge in [0.2, 0.25) is 5.91 Å². The highest BCUT2D eigenvalue weighted by Crippen LogP contribution is 1.94. The van der Waals surface area contributed by atoms with Crippen molar-refractivity contribution < 1.29 is 19.1 Å². The minimum absolute atomic E-state index is 0.293. The first kappa shape index (κ1) is 14.6. The van der Waals surface area contributed by atoms with Crippen LogP contribution in [0.1, 0.15) is 20.8 Å². The van der Waals surface area contributed by atoms with Gasteiger partial charge in [0.15, 0.2) is 0 Å². The number of rotatable bonds is 7. The number of carbonyl (C=O) groups is 2. The van der Waals surface area contributed by atoms with Crippen molar-refractivity contribution in [3.63, 3.8) is 0 Å². The number of nitrogens with one attached hydrogen (secondary N) is 1. The summed E-state index contributed by atoms with van der Waals surface area (Å²) in [5, 5.41) is 2.50. The molecule has 0 rings (SSSR count). The summed E-state index contributed by atoms with van der Waals surface area (Å²) >= 11 is 0. The molecule has 5 nitrogen and oxygen atoms in total. The van der Waals surface area contributed by atoms with E-state index >= 15 is 0 Å². The van der Waals surface area contributed by atoms with E-state index in [1.165, 1.54) is 0 Å². The molecule has 0 aromatic rings. The summed E-state index contributed by atoms with van der Waals surface area (Å²) in [5.41, 5.74) is 0. The summed E-state index contributed by atoms with van der Waals surface area (Å²) in [5.74, 6) is -0.797. The molecule has 92 valence electrons. The van der Waals surface area contributed by atoms with Crippen molar-refractivity contribution in [3.8, 4) is 0 Å². The predicted molar refractivity (Wildman–Crippen MR) is 59.8 cm³/mol. The fraction of sp³-hybridized carbons (Fsp3) is 0.636. The third-order valence-electron chi connectivity index (χ3n) is 1.83. The molecule has 0 spiro atoms. The summed E-state index contributed by atoms with van der Waals surface area (Å²) in [4.78, 5) is 22.7. The largest absolute Gasteiger partial charge is 0.464 e. The van der Waals surface area contributed by atoms with E-state index in [1.54, 1.807) is 26.8 Å². The molecule has 0 heterocycles. The molecule has 0 fully saturated rings. The Morgan fingerprint density at radius 3 is 2.56 bits per heavy atom. The second-order valence-corrected chi connectivity index (χ2v) is 3.25. The molecule has 0 aromatic carbocycles. The van der Waals surface area contributed by atoms with Gasteiger partial charge in [-0.25, -0.2) is 4.79 Å². The van der Waals surface area contributed by atoms with Crippen molar-refractivity contribution in [2.75, 3.05) is 13.2 Å². The van der Waals surface area contributed by atoms with Crippen LogP contribution in [0.4, 0.5) is 0 Å². The lowest BCUT2D eigenvalue weighted by molar-refractivity contribution is -0.148. The molecule has 0 aromatic heterocycles. The summed E-state index contributed by atoms with van der Waals surface area (Å²) in [7, 11) is 0. The molecule has 2 atom stereocenters. The van der Waals surface area contributed by atoms with E-state index in [4.69, 9.17) is 9.47 Å². The van der Waals surface area contributed by atoms with E-state index in [0.717, 1.165) is 0 Å². The monoisotopic (exact) mass is 229 g/mol. The number of amides is 1. The first-order valence-electron chi connectivity index (χ1n) is 5.22. The first-order valence-corrected chi connectivity index (χ1v) is 5.22. The lowest BCUT2D eigenvalue weighted by Gasteiger charge is -2.16. The highest BCUT2D eigenvalue weighted by atomic mass is 16.5. The molecule has 0 radical (unpaired) electrons. The van der Waals surface area contributed by atoms with E-state index < -0.39 is 18.1 Å². The number of esters is 1. The van der Waals surface area contributed by atoms with Gasteiger partial charge in [-0.1, -0.05) is 6.08 Å². The van der Waals surface area contributed by atoms with Gasteiger partial charge in [-0.15, -0.1) is 6.58 Å². The van der Waals surface area contributed by atoms with Gasteiger partial charge in [-0.05, 0) is 20.8 Å². The van der Waals surface area contributed by atoms with Crippen LogP contribution in [0.15, 0.2) is 12.7 Å². The molecule has 1 N–H and O–H groups in total. The minimum atomic E-state index is -0.665. The maximum absolute atomic E-state index is 11.5. The number of ether oxygens (including phenoxy) is 2. The average molecular weight is 229 g/mol. The Balaban J connectivity index is 4.02. The summed E-state index contributed by atoms with van der Waals surface area (Å²) < 4.78 is 9.87. The fourth-order valence-electron chi connectivity index (χ4n) is 0.945. The Morgan fingerprint density at radius 2 is 2.06 bits per heavy atom. The van der Waals surface area contributed by atoms with Crippen LogP contribution >= 0.6 is 0 Å². The molecule has 0 aliphatic heterocycles. The third-order valence-corrected chi connectivity index (χ3v) is 1.83. The Bertz CT molecular complexity index is 252. The first-order chi connectivity index (χ1) is 7.52. The third kappa shape index (κ3) is 5.50. The van der Waals surface area contributed by atoms with E-state index in [1.807, 2.05) is 0 Å². The zero-order valence-corrected chi connectivity index (χ0v) is 9.99. The molecule has 0 saturated carbocycles. The molecule has 0 aliphatic carbocycles. The zero-order chi connectivity index (χ0) is 12.6. The molecule has 0 bridgehead atoms. The van der Waals surface area contributed by atoms with Crippen molar-refractivity contribution in [1.29, 1.82) is 0 Å². The minimum Gasteiger partial charge on any atom is -0.464 e. The Hall–Kier alpha value is -1.36. The Labute approximate surface area is 95.8 Å². The summed E-state index contributed by atoms with van der Waals surface area (Å²) in [6, 6.07) is -0.665. The van der Waals surface area contributed by atoms with Gasteiger partial charge in [0.25, 0.3) is 0 Å².